The molecule has 2 aliphatic heterocycles. The molecule has 1 saturated heterocycles. The predicted octanol–water partition coefficient (Wildman–Crippen LogP) is 3.72. The van der Waals surface area contributed by atoms with Crippen molar-refractivity contribution in [3.63, 3.8) is 0 Å². The highest BCUT2D eigenvalue weighted by molar-refractivity contribution is 8.01. The topological polar surface area (TPSA) is 32.3 Å². The molecule has 2 unspecified atom stereocenters. The molecule has 0 radical (unpaired) electrons. The molecule has 2 aromatic rings. The average molecular weight is 359 g/mol. The smallest absolute Gasteiger partial charge is 0.233 e. The van der Waals surface area contributed by atoms with E-state index in [2.05, 4.69) is 45.9 Å². The second-order valence-corrected chi connectivity index (χ2v) is 8.66. The van der Waals surface area contributed by atoms with E-state index in [1.54, 1.807) is 23.1 Å². The molecular weight excluding hydrogens is 336 g/mol. The number of amides is 1. The highest BCUT2D eigenvalue weighted by Gasteiger charge is 2.30. The van der Waals surface area contributed by atoms with E-state index < -0.39 is 0 Å². The molecule has 1 amide bonds. The molecule has 1 aromatic carbocycles. The number of rotatable bonds is 5. The molecule has 0 saturated carbocycles. The Labute approximate surface area is 151 Å². The average Bonchev–Trinajstić information content (AvgIpc) is 3.35. The Hall–Kier alpha value is -1.30. The molecule has 1 N–H and O–H groups in total. The third kappa shape index (κ3) is 3.39. The van der Waals surface area contributed by atoms with Crippen molar-refractivity contribution in [3.8, 4) is 0 Å². The third-order valence-electron chi connectivity index (χ3n) is 4.86. The van der Waals surface area contributed by atoms with Gasteiger partial charge in [-0.3, -0.25) is 9.69 Å². The molecule has 0 aliphatic carbocycles. The Bertz CT molecular complexity index is 670. The lowest BCUT2D eigenvalue weighted by Crippen LogP contribution is -2.39. The van der Waals surface area contributed by atoms with Crippen LogP contribution in [0.25, 0.3) is 0 Å². The lowest BCUT2D eigenvalue weighted by Gasteiger charge is -2.27. The minimum absolute atomic E-state index is 0.0185. The van der Waals surface area contributed by atoms with Crippen LogP contribution in [-0.2, 0) is 11.2 Å². The largest absolute Gasteiger partial charge is 0.353 e. The standard InChI is InChI=1S/C19H22N2OS2/c22-19(18-12-14-6-1-2-7-16(14)24-18)20-13-15(17-8-5-11-23-17)21-9-3-4-10-21/h1-2,5-8,11,15,18H,3-4,9-10,12-13H2,(H,20,22). The molecule has 2 atom stereocenters. The summed E-state index contributed by atoms with van der Waals surface area (Å²) in [5.41, 5.74) is 1.30. The fourth-order valence-electron chi connectivity index (χ4n) is 3.58. The monoisotopic (exact) mass is 358 g/mol. The second-order valence-electron chi connectivity index (χ2n) is 6.44. The Morgan fingerprint density at radius 3 is 2.79 bits per heavy atom. The molecular formula is C19H22N2OS2. The van der Waals surface area contributed by atoms with Crippen molar-refractivity contribution in [1.29, 1.82) is 0 Å². The molecule has 126 valence electrons. The molecule has 2 aliphatic rings. The number of carbonyl (C=O) groups is 1. The fourth-order valence-corrected chi connectivity index (χ4v) is 5.66. The molecule has 0 bridgehead atoms. The van der Waals surface area contributed by atoms with Gasteiger partial charge in [0.15, 0.2) is 0 Å². The van der Waals surface area contributed by atoms with E-state index in [9.17, 15) is 4.79 Å². The lowest BCUT2D eigenvalue weighted by molar-refractivity contribution is -0.120. The molecule has 3 nitrogen and oxygen atoms in total. The van der Waals surface area contributed by atoms with E-state index in [4.69, 9.17) is 0 Å². The SMILES string of the molecule is O=C(NCC(c1cccs1)N1CCCC1)C1Cc2ccccc2S1. The van der Waals surface area contributed by atoms with E-state index in [0.29, 0.717) is 12.6 Å². The van der Waals surface area contributed by atoms with Gasteiger partial charge in [0.2, 0.25) is 5.91 Å². The lowest BCUT2D eigenvalue weighted by atomic mass is 10.1. The van der Waals surface area contributed by atoms with Gasteiger partial charge in [-0.05, 0) is 55.4 Å². The van der Waals surface area contributed by atoms with E-state index in [1.807, 2.05) is 6.07 Å². The molecule has 1 fully saturated rings. The van der Waals surface area contributed by atoms with Crippen LogP contribution in [0.15, 0.2) is 46.7 Å². The maximum absolute atomic E-state index is 12.7. The van der Waals surface area contributed by atoms with Crippen LogP contribution in [0.4, 0.5) is 0 Å². The Kier molecular flexibility index (Phi) is 4.92. The summed E-state index contributed by atoms with van der Waals surface area (Å²) in [5.74, 6) is 0.178. The maximum Gasteiger partial charge on any atom is 0.233 e. The number of likely N-dealkylation sites (tertiary alicyclic amines) is 1. The summed E-state index contributed by atoms with van der Waals surface area (Å²) in [4.78, 5) is 17.8. The van der Waals surface area contributed by atoms with Gasteiger partial charge in [0.25, 0.3) is 0 Å². The van der Waals surface area contributed by atoms with Crippen molar-refractivity contribution in [3.05, 3.63) is 52.2 Å². The van der Waals surface area contributed by atoms with Crippen molar-refractivity contribution in [2.75, 3.05) is 19.6 Å². The highest BCUT2D eigenvalue weighted by atomic mass is 32.2. The number of nitrogens with one attached hydrogen (secondary N) is 1. The molecule has 1 aromatic heterocycles. The van der Waals surface area contributed by atoms with Crippen molar-refractivity contribution < 1.29 is 4.79 Å². The first-order valence-corrected chi connectivity index (χ1v) is 10.4. The Balaban J connectivity index is 1.39. The van der Waals surface area contributed by atoms with Crippen LogP contribution in [0.5, 0.6) is 0 Å². The van der Waals surface area contributed by atoms with Gasteiger partial charge in [0.05, 0.1) is 11.3 Å². The second kappa shape index (κ2) is 7.30. The number of nitrogens with zero attached hydrogens (tertiary/aromatic N) is 1. The number of benzene rings is 1. The van der Waals surface area contributed by atoms with E-state index in [-0.39, 0.29) is 11.2 Å². The van der Waals surface area contributed by atoms with Gasteiger partial charge in [-0.25, -0.2) is 0 Å². The van der Waals surface area contributed by atoms with E-state index in [1.165, 1.54) is 28.2 Å². The maximum atomic E-state index is 12.7. The van der Waals surface area contributed by atoms with Crippen LogP contribution in [-0.4, -0.2) is 35.7 Å². The summed E-state index contributed by atoms with van der Waals surface area (Å²) >= 11 is 3.50. The zero-order valence-corrected chi connectivity index (χ0v) is 15.2. The van der Waals surface area contributed by atoms with Gasteiger partial charge in [-0.1, -0.05) is 24.3 Å². The van der Waals surface area contributed by atoms with Gasteiger partial charge in [-0.2, -0.15) is 0 Å². The Morgan fingerprint density at radius 1 is 1.21 bits per heavy atom. The summed E-state index contributed by atoms with van der Waals surface area (Å²) in [6.07, 6.45) is 3.38. The molecule has 5 heteroatoms. The minimum Gasteiger partial charge on any atom is -0.353 e. The van der Waals surface area contributed by atoms with Gasteiger partial charge < -0.3 is 5.32 Å². The first-order chi connectivity index (χ1) is 11.8. The summed E-state index contributed by atoms with van der Waals surface area (Å²) in [7, 11) is 0. The first-order valence-electron chi connectivity index (χ1n) is 8.61. The number of carbonyl (C=O) groups excluding carboxylic acids is 1. The van der Waals surface area contributed by atoms with Gasteiger partial charge in [0, 0.05) is 16.3 Å². The highest BCUT2D eigenvalue weighted by Crippen LogP contribution is 2.37. The molecule has 24 heavy (non-hydrogen) atoms. The zero-order chi connectivity index (χ0) is 16.4. The molecule has 3 heterocycles. The van der Waals surface area contributed by atoms with Crippen LogP contribution in [0, 0.1) is 0 Å². The quantitative estimate of drug-likeness (QED) is 0.884. The van der Waals surface area contributed by atoms with Crippen LogP contribution < -0.4 is 5.32 Å². The first kappa shape index (κ1) is 16.2. The summed E-state index contributed by atoms with van der Waals surface area (Å²) < 4.78 is 0. The number of hydrogen-bond acceptors (Lipinski definition) is 4. The Morgan fingerprint density at radius 2 is 2.04 bits per heavy atom. The predicted molar refractivity (Wildman–Crippen MR) is 101 cm³/mol. The van der Waals surface area contributed by atoms with Crippen molar-refractivity contribution in [2.24, 2.45) is 0 Å². The minimum atomic E-state index is 0.0185. The van der Waals surface area contributed by atoms with Crippen molar-refractivity contribution >= 4 is 29.0 Å². The fraction of sp³-hybridized carbons (Fsp3) is 0.421. The van der Waals surface area contributed by atoms with Crippen LogP contribution in [0.2, 0.25) is 0 Å². The molecule has 4 rings (SSSR count). The number of hydrogen-bond donors (Lipinski definition) is 1. The summed E-state index contributed by atoms with van der Waals surface area (Å²) in [6.45, 7) is 3.00. The number of thiophene rings is 1. The van der Waals surface area contributed by atoms with Crippen molar-refractivity contribution in [2.45, 2.75) is 35.4 Å². The van der Waals surface area contributed by atoms with Crippen LogP contribution in [0.3, 0.4) is 0 Å². The van der Waals surface area contributed by atoms with E-state index >= 15 is 0 Å². The normalized spacial score (nSPS) is 21.6. The number of fused-ring (bicyclic) bond motifs is 1. The molecule has 0 spiro atoms. The van der Waals surface area contributed by atoms with Gasteiger partial charge in [0.1, 0.15) is 0 Å². The van der Waals surface area contributed by atoms with Gasteiger partial charge in [-0.15, -0.1) is 23.1 Å². The van der Waals surface area contributed by atoms with Gasteiger partial charge >= 0.3 is 0 Å². The van der Waals surface area contributed by atoms with E-state index in [0.717, 1.165) is 19.5 Å². The summed E-state index contributed by atoms with van der Waals surface area (Å²) in [5, 5.41) is 5.38. The third-order valence-corrected chi connectivity index (χ3v) is 7.15. The number of thioether (sulfide) groups is 1. The van der Waals surface area contributed by atoms with Crippen molar-refractivity contribution in [1.82, 2.24) is 10.2 Å². The summed E-state index contributed by atoms with van der Waals surface area (Å²) in [6, 6.07) is 13.0. The van der Waals surface area contributed by atoms with Crippen LogP contribution in [0.1, 0.15) is 29.3 Å². The van der Waals surface area contributed by atoms with Crippen LogP contribution >= 0.6 is 23.1 Å². The zero-order valence-electron chi connectivity index (χ0n) is 13.6.